The van der Waals surface area contributed by atoms with Crippen LogP contribution in [0.25, 0.3) is 0 Å². The summed E-state index contributed by atoms with van der Waals surface area (Å²) >= 11 is 0. The van der Waals surface area contributed by atoms with Crippen molar-refractivity contribution < 1.29 is 38.1 Å². The van der Waals surface area contributed by atoms with Crippen molar-refractivity contribution in [1.29, 1.82) is 0 Å². The zero-order valence-electron chi connectivity index (χ0n) is 18.1. The number of fused-ring (bicyclic) bond motifs is 2. The summed E-state index contributed by atoms with van der Waals surface area (Å²) in [4.78, 5) is 37.7. The Hall–Kier alpha value is -3.13. The first-order valence-corrected chi connectivity index (χ1v) is 9.75. The van der Waals surface area contributed by atoms with Gasteiger partial charge in [-0.15, -0.1) is 0 Å². The molecule has 0 spiro atoms. The number of rotatable bonds is 7. The van der Waals surface area contributed by atoms with Crippen molar-refractivity contribution in [2.24, 2.45) is 17.8 Å². The van der Waals surface area contributed by atoms with E-state index < -0.39 is 41.7 Å². The van der Waals surface area contributed by atoms with Crippen molar-refractivity contribution in [2.45, 2.75) is 12.0 Å². The molecule has 0 aliphatic heterocycles. The Labute approximate surface area is 180 Å². The summed E-state index contributed by atoms with van der Waals surface area (Å²) in [6.07, 6.45) is 3.81. The van der Waals surface area contributed by atoms with Crippen LogP contribution in [-0.4, -0.2) is 59.4 Å². The van der Waals surface area contributed by atoms with Crippen LogP contribution in [0.1, 0.15) is 11.5 Å². The maximum Gasteiger partial charge on any atom is 0.330 e. The van der Waals surface area contributed by atoms with Crippen LogP contribution in [-0.2, 0) is 28.6 Å². The Morgan fingerprint density at radius 3 is 2.23 bits per heavy atom. The Morgan fingerprint density at radius 1 is 0.935 bits per heavy atom. The number of esters is 2. The smallest absolute Gasteiger partial charge is 0.330 e. The minimum Gasteiger partial charge on any atom is -0.493 e. The van der Waals surface area contributed by atoms with Gasteiger partial charge >= 0.3 is 11.9 Å². The highest BCUT2D eigenvalue weighted by molar-refractivity contribution is 5.95. The number of hydrogen-bond donors (Lipinski definition) is 0. The molecule has 166 valence electrons. The third-order valence-corrected chi connectivity index (χ3v) is 5.99. The van der Waals surface area contributed by atoms with Gasteiger partial charge in [0.1, 0.15) is 6.10 Å². The largest absolute Gasteiger partial charge is 0.493 e. The van der Waals surface area contributed by atoms with E-state index in [4.69, 9.17) is 18.9 Å². The Morgan fingerprint density at radius 2 is 1.65 bits per heavy atom. The van der Waals surface area contributed by atoms with Crippen LogP contribution < -0.4 is 9.47 Å². The topological polar surface area (TPSA) is 97.4 Å². The zero-order chi connectivity index (χ0) is 22.7. The summed E-state index contributed by atoms with van der Waals surface area (Å²) < 4.78 is 26.0. The quantitative estimate of drug-likeness (QED) is 0.479. The van der Waals surface area contributed by atoms with Gasteiger partial charge in [0.05, 0.1) is 34.4 Å². The molecule has 1 aromatic rings. The predicted molar refractivity (Wildman–Crippen MR) is 110 cm³/mol. The molecule has 8 nitrogen and oxygen atoms in total. The van der Waals surface area contributed by atoms with Crippen molar-refractivity contribution >= 4 is 17.7 Å². The molecule has 4 rings (SSSR count). The number of carbonyl (C=O) groups excluding carboxylic acids is 3. The van der Waals surface area contributed by atoms with Crippen LogP contribution in [0, 0.1) is 17.8 Å². The second-order valence-corrected chi connectivity index (χ2v) is 7.32. The molecule has 31 heavy (non-hydrogen) atoms. The standard InChI is InChI=1S/C23H26O8/c1-27-15-8-6-13(11-16(15)28-2)18-14-10-12(7-9-17(24)29-3)19(20(18)23(26)31-5)22(30-4)21(14)25/h6-11,14,18-20,22H,1-5H3/b9-7+/t14?,18?,19?,20?,22-/m0/s1. The number of hydrogen-bond acceptors (Lipinski definition) is 8. The van der Waals surface area contributed by atoms with E-state index in [-0.39, 0.29) is 5.78 Å². The molecule has 0 aromatic heterocycles. The third kappa shape index (κ3) is 3.95. The lowest BCUT2D eigenvalue weighted by atomic mass is 9.55. The van der Waals surface area contributed by atoms with E-state index >= 15 is 0 Å². The van der Waals surface area contributed by atoms with Crippen LogP contribution in [0.4, 0.5) is 0 Å². The summed E-state index contributed by atoms with van der Waals surface area (Å²) in [5, 5.41) is 0. The molecule has 0 saturated heterocycles. The molecule has 2 bridgehead atoms. The van der Waals surface area contributed by atoms with Gasteiger partial charge in [-0.25, -0.2) is 4.79 Å². The number of allylic oxidation sites excluding steroid dienone is 2. The summed E-state index contributed by atoms with van der Waals surface area (Å²) in [7, 11) is 7.08. The monoisotopic (exact) mass is 430 g/mol. The van der Waals surface area contributed by atoms with Crippen molar-refractivity contribution in [3.8, 4) is 11.5 Å². The van der Waals surface area contributed by atoms with Gasteiger partial charge in [0.15, 0.2) is 17.3 Å². The predicted octanol–water partition coefficient (Wildman–Crippen LogP) is 2.08. The van der Waals surface area contributed by atoms with E-state index in [1.165, 1.54) is 41.6 Å². The maximum absolute atomic E-state index is 13.2. The van der Waals surface area contributed by atoms with E-state index in [1.807, 2.05) is 6.07 Å². The van der Waals surface area contributed by atoms with E-state index in [2.05, 4.69) is 4.74 Å². The number of ether oxygens (including phenoxy) is 5. The average Bonchev–Trinajstić information content (AvgIpc) is 2.81. The first-order chi connectivity index (χ1) is 14.9. The Balaban J connectivity index is 2.15. The first kappa shape index (κ1) is 22.6. The van der Waals surface area contributed by atoms with Crippen LogP contribution in [0.3, 0.4) is 0 Å². The lowest BCUT2D eigenvalue weighted by Crippen LogP contribution is -2.55. The van der Waals surface area contributed by atoms with Gasteiger partial charge in [-0.05, 0) is 23.3 Å². The van der Waals surface area contributed by atoms with Crippen molar-refractivity contribution in [3.63, 3.8) is 0 Å². The van der Waals surface area contributed by atoms with E-state index in [0.717, 1.165) is 5.56 Å². The normalized spacial score (nSPS) is 27.1. The molecule has 8 heteroatoms. The molecule has 1 fully saturated rings. The number of methoxy groups -OCH3 is 5. The fourth-order valence-corrected chi connectivity index (χ4v) is 4.63. The van der Waals surface area contributed by atoms with E-state index in [0.29, 0.717) is 17.1 Å². The van der Waals surface area contributed by atoms with Crippen LogP contribution in [0.5, 0.6) is 11.5 Å². The second-order valence-electron chi connectivity index (χ2n) is 7.32. The van der Waals surface area contributed by atoms with E-state index in [1.54, 1.807) is 24.3 Å². The fraction of sp³-hybridized carbons (Fsp3) is 0.435. The van der Waals surface area contributed by atoms with Gasteiger partial charge in [-0.3, -0.25) is 9.59 Å². The van der Waals surface area contributed by atoms with Crippen LogP contribution in [0.15, 0.2) is 42.0 Å². The summed E-state index contributed by atoms with van der Waals surface area (Å²) in [5.41, 5.74) is 1.41. The SMILES string of the molecule is COC(=O)/C=C/C1=CC2C(=O)[C@@H](OC)C1C(C(=O)OC)C2c1ccc(OC)c(OC)c1. The lowest BCUT2D eigenvalue weighted by Gasteiger charge is -2.48. The molecule has 0 radical (unpaired) electrons. The molecule has 1 aromatic carbocycles. The highest BCUT2D eigenvalue weighted by Gasteiger charge is 2.57. The lowest BCUT2D eigenvalue weighted by molar-refractivity contribution is -0.159. The molecule has 5 atom stereocenters. The zero-order valence-corrected chi connectivity index (χ0v) is 18.1. The summed E-state index contributed by atoms with van der Waals surface area (Å²) in [5.74, 6) is -2.51. The molecule has 0 amide bonds. The molecule has 0 N–H and O–H groups in total. The number of ketones is 1. The van der Waals surface area contributed by atoms with Gasteiger partial charge in [-0.2, -0.15) is 0 Å². The third-order valence-electron chi connectivity index (χ3n) is 5.99. The number of carbonyl (C=O) groups is 3. The van der Waals surface area contributed by atoms with Crippen LogP contribution >= 0.6 is 0 Å². The minimum absolute atomic E-state index is 0.123. The van der Waals surface area contributed by atoms with Crippen molar-refractivity contribution in [3.05, 3.63) is 47.6 Å². The Bertz CT molecular complexity index is 932. The summed E-state index contributed by atoms with van der Waals surface area (Å²) in [6.45, 7) is 0. The molecule has 3 aliphatic rings. The number of Topliss-reactive ketones (excluding diaryl/α,β-unsaturated/α-hetero) is 1. The van der Waals surface area contributed by atoms with Gasteiger partial charge in [0.25, 0.3) is 0 Å². The fourth-order valence-electron chi connectivity index (χ4n) is 4.63. The summed E-state index contributed by atoms with van der Waals surface area (Å²) in [6, 6.07) is 5.33. The van der Waals surface area contributed by atoms with Gasteiger partial charge in [0, 0.05) is 30.9 Å². The van der Waals surface area contributed by atoms with Crippen molar-refractivity contribution in [1.82, 2.24) is 0 Å². The van der Waals surface area contributed by atoms with E-state index in [9.17, 15) is 14.4 Å². The van der Waals surface area contributed by atoms with Crippen molar-refractivity contribution in [2.75, 3.05) is 35.5 Å². The van der Waals surface area contributed by atoms with Gasteiger partial charge < -0.3 is 23.7 Å². The van der Waals surface area contributed by atoms with Gasteiger partial charge in [0.2, 0.25) is 0 Å². The molecule has 4 unspecified atom stereocenters. The first-order valence-electron chi connectivity index (χ1n) is 9.75. The average molecular weight is 430 g/mol. The van der Waals surface area contributed by atoms with Gasteiger partial charge in [-0.1, -0.05) is 18.2 Å². The molecule has 0 heterocycles. The highest BCUT2D eigenvalue weighted by Crippen LogP contribution is 2.53. The maximum atomic E-state index is 13.2. The Kier molecular flexibility index (Phi) is 6.80. The molecule has 3 aliphatic carbocycles. The highest BCUT2D eigenvalue weighted by atomic mass is 16.5. The number of benzene rings is 1. The van der Waals surface area contributed by atoms with Crippen LogP contribution in [0.2, 0.25) is 0 Å². The second kappa shape index (κ2) is 9.34. The minimum atomic E-state index is -0.826. The molecular formula is C23H26O8. The molecule has 1 saturated carbocycles. The molecular weight excluding hydrogens is 404 g/mol.